The number of carbonyl (C=O) groups excluding carboxylic acids is 2. The van der Waals surface area contributed by atoms with Gasteiger partial charge in [-0.2, -0.15) is 0 Å². The maximum Gasteiger partial charge on any atom is 0.311 e. The zero-order valence-electron chi connectivity index (χ0n) is 13.4. The van der Waals surface area contributed by atoms with Gasteiger partial charge in [-0.25, -0.2) is 0 Å². The highest BCUT2D eigenvalue weighted by Crippen LogP contribution is 2.26. The van der Waals surface area contributed by atoms with E-state index in [1.165, 1.54) is 0 Å². The summed E-state index contributed by atoms with van der Waals surface area (Å²) >= 11 is 6.05. The van der Waals surface area contributed by atoms with Gasteiger partial charge in [0.1, 0.15) is 6.61 Å². The van der Waals surface area contributed by atoms with Crippen LogP contribution in [0.1, 0.15) is 17.5 Å². The summed E-state index contributed by atoms with van der Waals surface area (Å²) in [6.45, 7) is 2.46. The molecule has 1 fully saturated rings. The van der Waals surface area contributed by atoms with Gasteiger partial charge in [0.15, 0.2) is 0 Å². The Morgan fingerprint density at radius 2 is 1.92 bits per heavy atom. The number of hydrogen-bond donors (Lipinski definition) is 0. The predicted octanol–water partition coefficient (Wildman–Crippen LogP) is 3.74. The molecule has 0 spiro atoms. The third kappa shape index (κ3) is 3.60. The molecule has 24 heavy (non-hydrogen) atoms. The summed E-state index contributed by atoms with van der Waals surface area (Å²) in [7, 11) is 0. The largest absolute Gasteiger partial charge is 0.460 e. The Morgan fingerprint density at radius 3 is 2.62 bits per heavy atom. The fourth-order valence-corrected chi connectivity index (χ4v) is 2.91. The lowest BCUT2D eigenvalue weighted by atomic mass is 10.1. The summed E-state index contributed by atoms with van der Waals surface area (Å²) < 4.78 is 5.34. The molecule has 5 heteroatoms. The standard InChI is InChI=1S/C19H18ClNO3/c1-13-6-8-16(9-7-13)21-11-15(10-18(21)22)19(23)24-12-14-4-2-3-5-17(14)20/h2-9,15H,10-12H2,1H3. The molecule has 4 nitrogen and oxygen atoms in total. The van der Waals surface area contributed by atoms with Crippen molar-refractivity contribution in [2.75, 3.05) is 11.4 Å². The van der Waals surface area contributed by atoms with Crippen molar-refractivity contribution in [1.82, 2.24) is 0 Å². The van der Waals surface area contributed by atoms with Crippen LogP contribution in [-0.4, -0.2) is 18.4 Å². The number of esters is 1. The number of amides is 1. The van der Waals surface area contributed by atoms with Crippen LogP contribution in [0.2, 0.25) is 5.02 Å². The summed E-state index contributed by atoms with van der Waals surface area (Å²) in [6, 6.07) is 14.9. The number of halogens is 1. The molecular weight excluding hydrogens is 326 g/mol. The number of nitrogens with zero attached hydrogens (tertiary/aromatic N) is 1. The van der Waals surface area contributed by atoms with Crippen LogP contribution in [0.25, 0.3) is 0 Å². The first kappa shape index (κ1) is 16.5. The molecule has 1 saturated heterocycles. The highest BCUT2D eigenvalue weighted by molar-refractivity contribution is 6.31. The van der Waals surface area contributed by atoms with Gasteiger partial charge in [-0.15, -0.1) is 0 Å². The van der Waals surface area contributed by atoms with E-state index in [1.54, 1.807) is 11.0 Å². The van der Waals surface area contributed by atoms with Gasteiger partial charge in [0.05, 0.1) is 5.92 Å². The summed E-state index contributed by atoms with van der Waals surface area (Å²) in [5.41, 5.74) is 2.69. The van der Waals surface area contributed by atoms with Gasteiger partial charge in [0, 0.05) is 29.2 Å². The average Bonchev–Trinajstić information content (AvgIpc) is 2.96. The summed E-state index contributed by atoms with van der Waals surface area (Å²) in [5, 5.41) is 0.564. The summed E-state index contributed by atoms with van der Waals surface area (Å²) in [5.74, 6) is -0.863. The second kappa shape index (κ2) is 7.05. The maximum absolute atomic E-state index is 12.3. The normalized spacial score (nSPS) is 17.2. The number of aryl methyl sites for hydroxylation is 1. The lowest BCUT2D eigenvalue weighted by molar-refractivity contribution is -0.149. The molecule has 0 saturated carbocycles. The number of anilines is 1. The number of carbonyl (C=O) groups is 2. The van der Waals surface area contributed by atoms with Gasteiger partial charge in [-0.1, -0.05) is 47.5 Å². The molecule has 1 aliphatic rings. The minimum Gasteiger partial charge on any atom is -0.460 e. The van der Waals surface area contributed by atoms with Crippen LogP contribution in [-0.2, 0) is 20.9 Å². The van der Waals surface area contributed by atoms with E-state index in [-0.39, 0.29) is 24.9 Å². The molecule has 1 heterocycles. The summed E-state index contributed by atoms with van der Waals surface area (Å²) in [6.07, 6.45) is 0.176. The van der Waals surface area contributed by atoms with Crippen LogP contribution in [0.3, 0.4) is 0 Å². The smallest absolute Gasteiger partial charge is 0.311 e. The predicted molar refractivity (Wildman–Crippen MR) is 92.9 cm³/mol. The first-order valence-electron chi connectivity index (χ1n) is 7.81. The van der Waals surface area contributed by atoms with Gasteiger partial charge < -0.3 is 9.64 Å². The first-order chi connectivity index (χ1) is 11.5. The monoisotopic (exact) mass is 343 g/mol. The number of rotatable bonds is 4. The van der Waals surface area contributed by atoms with Crippen LogP contribution >= 0.6 is 11.6 Å². The van der Waals surface area contributed by atoms with Crippen LogP contribution in [0.15, 0.2) is 48.5 Å². The molecule has 0 aromatic heterocycles. The Balaban J connectivity index is 1.62. The molecule has 2 aromatic rings. The zero-order valence-corrected chi connectivity index (χ0v) is 14.1. The zero-order chi connectivity index (χ0) is 17.1. The van der Waals surface area contributed by atoms with Crippen LogP contribution in [0.4, 0.5) is 5.69 Å². The van der Waals surface area contributed by atoms with E-state index in [2.05, 4.69) is 0 Å². The van der Waals surface area contributed by atoms with Gasteiger partial charge in [-0.05, 0) is 25.1 Å². The summed E-state index contributed by atoms with van der Waals surface area (Å²) in [4.78, 5) is 26.1. The van der Waals surface area contributed by atoms with Crippen molar-refractivity contribution in [3.8, 4) is 0 Å². The van der Waals surface area contributed by atoms with E-state index in [4.69, 9.17) is 16.3 Å². The van der Waals surface area contributed by atoms with Crippen LogP contribution < -0.4 is 4.90 Å². The number of hydrogen-bond acceptors (Lipinski definition) is 3. The SMILES string of the molecule is Cc1ccc(N2CC(C(=O)OCc3ccccc3Cl)CC2=O)cc1. The Hall–Kier alpha value is -2.33. The molecule has 124 valence electrons. The van der Waals surface area contributed by atoms with Crippen LogP contribution in [0.5, 0.6) is 0 Å². The third-order valence-electron chi connectivity index (χ3n) is 4.13. The van der Waals surface area contributed by atoms with Gasteiger partial charge >= 0.3 is 5.97 Å². The quantitative estimate of drug-likeness (QED) is 0.794. The third-order valence-corrected chi connectivity index (χ3v) is 4.50. The average molecular weight is 344 g/mol. The number of ether oxygens (including phenoxy) is 1. The second-order valence-corrected chi connectivity index (χ2v) is 6.35. The molecule has 0 radical (unpaired) electrons. The van der Waals surface area contributed by atoms with Crippen molar-refractivity contribution in [3.05, 3.63) is 64.7 Å². The van der Waals surface area contributed by atoms with E-state index < -0.39 is 5.92 Å². The Kier molecular flexibility index (Phi) is 4.86. The molecule has 1 unspecified atom stereocenters. The van der Waals surface area contributed by atoms with E-state index in [1.807, 2.05) is 49.4 Å². The van der Waals surface area contributed by atoms with Crippen molar-refractivity contribution in [1.29, 1.82) is 0 Å². The Morgan fingerprint density at radius 1 is 1.21 bits per heavy atom. The van der Waals surface area contributed by atoms with E-state index in [0.29, 0.717) is 11.6 Å². The van der Waals surface area contributed by atoms with Crippen molar-refractivity contribution in [2.45, 2.75) is 20.0 Å². The molecule has 1 amide bonds. The van der Waals surface area contributed by atoms with E-state index in [9.17, 15) is 9.59 Å². The van der Waals surface area contributed by atoms with Crippen LogP contribution in [0, 0.1) is 12.8 Å². The molecular formula is C19H18ClNO3. The lowest BCUT2D eigenvalue weighted by Crippen LogP contribution is -2.26. The molecule has 0 bridgehead atoms. The van der Waals surface area contributed by atoms with Gasteiger partial charge in [0.2, 0.25) is 5.91 Å². The molecule has 2 aromatic carbocycles. The van der Waals surface area contributed by atoms with E-state index >= 15 is 0 Å². The molecule has 0 N–H and O–H groups in total. The Labute approximate surface area is 146 Å². The second-order valence-electron chi connectivity index (χ2n) is 5.94. The topological polar surface area (TPSA) is 46.6 Å². The molecule has 0 aliphatic carbocycles. The fourth-order valence-electron chi connectivity index (χ4n) is 2.72. The van der Waals surface area contributed by atoms with Crippen molar-refractivity contribution >= 4 is 29.2 Å². The minimum atomic E-state index is -0.443. The maximum atomic E-state index is 12.3. The number of benzene rings is 2. The van der Waals surface area contributed by atoms with E-state index in [0.717, 1.165) is 16.8 Å². The highest BCUT2D eigenvalue weighted by atomic mass is 35.5. The van der Waals surface area contributed by atoms with Crippen molar-refractivity contribution < 1.29 is 14.3 Å². The molecule has 3 rings (SSSR count). The minimum absolute atomic E-state index is 0.0569. The molecule has 1 atom stereocenters. The van der Waals surface area contributed by atoms with Crippen molar-refractivity contribution in [2.24, 2.45) is 5.92 Å². The van der Waals surface area contributed by atoms with Crippen molar-refractivity contribution in [3.63, 3.8) is 0 Å². The first-order valence-corrected chi connectivity index (χ1v) is 8.19. The van der Waals surface area contributed by atoms with Gasteiger partial charge in [-0.3, -0.25) is 9.59 Å². The highest BCUT2D eigenvalue weighted by Gasteiger charge is 2.36. The lowest BCUT2D eigenvalue weighted by Gasteiger charge is -2.16. The fraction of sp³-hybridized carbons (Fsp3) is 0.263. The van der Waals surface area contributed by atoms with Gasteiger partial charge in [0.25, 0.3) is 0 Å². The molecule has 1 aliphatic heterocycles. The Bertz CT molecular complexity index is 757.